The first-order valence-electron chi connectivity index (χ1n) is 7.13. The number of urea groups is 1. The van der Waals surface area contributed by atoms with E-state index in [-0.39, 0.29) is 6.03 Å². The highest BCUT2D eigenvalue weighted by Gasteiger charge is 2.23. The molecule has 0 aromatic heterocycles. The average Bonchev–Trinajstić information content (AvgIpc) is 2.46. The lowest BCUT2D eigenvalue weighted by molar-refractivity contribution is 0.239. The maximum absolute atomic E-state index is 11.8. The summed E-state index contributed by atoms with van der Waals surface area (Å²) in [5.74, 6) is 0.672. The first kappa shape index (κ1) is 13.9. The van der Waals surface area contributed by atoms with Crippen LogP contribution in [0.4, 0.5) is 10.5 Å². The molecule has 1 aromatic carbocycles. The van der Waals surface area contributed by atoms with Crippen LogP contribution in [-0.2, 0) is 0 Å². The highest BCUT2D eigenvalue weighted by molar-refractivity contribution is 5.89. The molecular weight excluding hydrogens is 238 g/mol. The van der Waals surface area contributed by atoms with Gasteiger partial charge in [0.1, 0.15) is 0 Å². The summed E-state index contributed by atoms with van der Waals surface area (Å²) in [4.78, 5) is 11.8. The molecule has 2 amide bonds. The number of piperidine rings is 1. The third kappa shape index (κ3) is 4.24. The molecule has 0 aliphatic carbocycles. The van der Waals surface area contributed by atoms with Crippen LogP contribution in [0, 0.1) is 5.92 Å². The summed E-state index contributed by atoms with van der Waals surface area (Å²) in [6, 6.07) is 9.78. The number of hydrogen-bond donors (Lipinski definition) is 3. The predicted molar refractivity (Wildman–Crippen MR) is 78.3 cm³/mol. The van der Waals surface area contributed by atoms with Crippen LogP contribution >= 0.6 is 0 Å². The number of rotatable bonds is 4. The van der Waals surface area contributed by atoms with Crippen LogP contribution in [0.3, 0.4) is 0 Å². The standard InChI is InChI=1S/C15H23N3O/c1-2-12-7-6-10-16-14(12)11-17-15(19)18-13-8-4-3-5-9-13/h3-5,8-9,12,14,16H,2,6-7,10-11H2,1H3,(H2,17,18,19). The Hall–Kier alpha value is -1.55. The van der Waals surface area contributed by atoms with E-state index in [2.05, 4.69) is 22.9 Å². The van der Waals surface area contributed by atoms with Gasteiger partial charge in [0.25, 0.3) is 0 Å². The SMILES string of the molecule is CCC1CCCNC1CNC(=O)Nc1ccccc1. The van der Waals surface area contributed by atoms with Crippen LogP contribution in [0.2, 0.25) is 0 Å². The normalized spacial score (nSPS) is 22.8. The lowest BCUT2D eigenvalue weighted by atomic mass is 9.89. The zero-order valence-corrected chi connectivity index (χ0v) is 11.5. The van der Waals surface area contributed by atoms with Crippen LogP contribution in [0.25, 0.3) is 0 Å². The summed E-state index contributed by atoms with van der Waals surface area (Å²) in [5.41, 5.74) is 0.823. The molecule has 4 nitrogen and oxygen atoms in total. The molecule has 2 rings (SSSR count). The summed E-state index contributed by atoms with van der Waals surface area (Å²) >= 11 is 0. The number of para-hydroxylation sites is 1. The molecule has 1 heterocycles. The molecule has 4 heteroatoms. The number of carbonyl (C=O) groups is 1. The van der Waals surface area contributed by atoms with Crippen molar-refractivity contribution < 1.29 is 4.79 Å². The lowest BCUT2D eigenvalue weighted by Crippen LogP contribution is -2.49. The Morgan fingerprint density at radius 2 is 2.16 bits per heavy atom. The molecule has 1 saturated heterocycles. The quantitative estimate of drug-likeness (QED) is 0.780. The molecule has 0 radical (unpaired) electrons. The number of nitrogens with one attached hydrogen (secondary N) is 3. The van der Waals surface area contributed by atoms with E-state index in [1.54, 1.807) is 0 Å². The largest absolute Gasteiger partial charge is 0.336 e. The average molecular weight is 261 g/mol. The van der Waals surface area contributed by atoms with Crippen LogP contribution < -0.4 is 16.0 Å². The predicted octanol–water partition coefficient (Wildman–Crippen LogP) is 2.59. The second-order valence-corrected chi connectivity index (χ2v) is 5.07. The van der Waals surface area contributed by atoms with Crippen molar-refractivity contribution in [2.24, 2.45) is 5.92 Å². The van der Waals surface area contributed by atoms with E-state index in [1.165, 1.54) is 19.3 Å². The van der Waals surface area contributed by atoms with Gasteiger partial charge in [0.05, 0.1) is 0 Å². The van der Waals surface area contributed by atoms with E-state index in [9.17, 15) is 4.79 Å². The Morgan fingerprint density at radius 1 is 1.37 bits per heavy atom. The van der Waals surface area contributed by atoms with Crippen LogP contribution in [-0.4, -0.2) is 25.2 Å². The molecule has 1 aromatic rings. The first-order chi connectivity index (χ1) is 9.29. The first-order valence-corrected chi connectivity index (χ1v) is 7.13. The number of benzene rings is 1. The van der Waals surface area contributed by atoms with Crippen molar-refractivity contribution in [3.63, 3.8) is 0 Å². The van der Waals surface area contributed by atoms with E-state index in [4.69, 9.17) is 0 Å². The second kappa shape index (κ2) is 7.14. The highest BCUT2D eigenvalue weighted by atomic mass is 16.2. The molecule has 2 unspecified atom stereocenters. The second-order valence-electron chi connectivity index (χ2n) is 5.07. The highest BCUT2D eigenvalue weighted by Crippen LogP contribution is 2.19. The Balaban J connectivity index is 1.76. The molecule has 104 valence electrons. The zero-order valence-electron chi connectivity index (χ0n) is 11.5. The smallest absolute Gasteiger partial charge is 0.319 e. The Bertz CT molecular complexity index is 394. The number of hydrogen-bond acceptors (Lipinski definition) is 2. The van der Waals surface area contributed by atoms with Crippen molar-refractivity contribution in [2.75, 3.05) is 18.4 Å². The summed E-state index contributed by atoms with van der Waals surface area (Å²) in [7, 11) is 0. The van der Waals surface area contributed by atoms with E-state index in [0.717, 1.165) is 12.2 Å². The van der Waals surface area contributed by atoms with Gasteiger partial charge in [0.2, 0.25) is 0 Å². The van der Waals surface area contributed by atoms with Crippen LogP contribution in [0.15, 0.2) is 30.3 Å². The summed E-state index contributed by atoms with van der Waals surface area (Å²) in [6.45, 7) is 3.97. The molecule has 0 bridgehead atoms. The van der Waals surface area contributed by atoms with Crippen LogP contribution in [0.5, 0.6) is 0 Å². The molecule has 19 heavy (non-hydrogen) atoms. The fraction of sp³-hybridized carbons (Fsp3) is 0.533. The maximum atomic E-state index is 11.8. The molecule has 2 atom stereocenters. The van der Waals surface area contributed by atoms with Gasteiger partial charge in [0.15, 0.2) is 0 Å². The van der Waals surface area contributed by atoms with Crippen molar-refractivity contribution in [3.05, 3.63) is 30.3 Å². The van der Waals surface area contributed by atoms with Crippen LogP contribution in [0.1, 0.15) is 26.2 Å². The fourth-order valence-electron chi connectivity index (χ4n) is 2.65. The molecule has 1 aliphatic rings. The monoisotopic (exact) mass is 261 g/mol. The topological polar surface area (TPSA) is 53.2 Å². The summed E-state index contributed by atoms with van der Waals surface area (Å²) in [5, 5.41) is 9.29. The lowest BCUT2D eigenvalue weighted by Gasteiger charge is -2.32. The van der Waals surface area contributed by atoms with Gasteiger partial charge in [-0.25, -0.2) is 4.79 Å². The Kier molecular flexibility index (Phi) is 5.21. The minimum Gasteiger partial charge on any atom is -0.336 e. The minimum atomic E-state index is -0.131. The van der Waals surface area contributed by atoms with E-state index >= 15 is 0 Å². The van der Waals surface area contributed by atoms with Gasteiger partial charge in [-0.1, -0.05) is 31.5 Å². The van der Waals surface area contributed by atoms with E-state index in [1.807, 2.05) is 30.3 Å². The molecule has 3 N–H and O–H groups in total. The van der Waals surface area contributed by atoms with E-state index in [0.29, 0.717) is 18.5 Å². The number of amides is 2. The summed E-state index contributed by atoms with van der Waals surface area (Å²) < 4.78 is 0. The Morgan fingerprint density at radius 3 is 2.89 bits per heavy atom. The minimum absolute atomic E-state index is 0.131. The molecule has 1 fully saturated rings. The van der Waals surface area contributed by atoms with E-state index < -0.39 is 0 Å². The van der Waals surface area contributed by atoms with Gasteiger partial charge in [-0.2, -0.15) is 0 Å². The van der Waals surface area contributed by atoms with Crippen molar-refractivity contribution >= 4 is 11.7 Å². The van der Waals surface area contributed by atoms with Gasteiger partial charge in [-0.05, 0) is 37.4 Å². The van der Waals surface area contributed by atoms with Gasteiger partial charge >= 0.3 is 6.03 Å². The molecular formula is C15H23N3O. The zero-order chi connectivity index (χ0) is 13.5. The third-order valence-electron chi connectivity index (χ3n) is 3.77. The van der Waals surface area contributed by atoms with Crippen molar-refractivity contribution in [2.45, 2.75) is 32.2 Å². The van der Waals surface area contributed by atoms with Gasteiger partial charge < -0.3 is 16.0 Å². The molecule has 0 spiro atoms. The van der Waals surface area contributed by atoms with Gasteiger partial charge in [-0.3, -0.25) is 0 Å². The molecule has 0 saturated carbocycles. The van der Waals surface area contributed by atoms with Gasteiger partial charge in [0, 0.05) is 18.3 Å². The maximum Gasteiger partial charge on any atom is 0.319 e. The summed E-state index contributed by atoms with van der Waals surface area (Å²) in [6.07, 6.45) is 3.67. The third-order valence-corrected chi connectivity index (χ3v) is 3.77. The molecule has 1 aliphatic heterocycles. The number of anilines is 1. The van der Waals surface area contributed by atoms with Gasteiger partial charge in [-0.15, -0.1) is 0 Å². The van der Waals surface area contributed by atoms with Crippen molar-refractivity contribution in [1.82, 2.24) is 10.6 Å². The Labute approximate surface area is 115 Å². The van der Waals surface area contributed by atoms with Crippen molar-refractivity contribution in [1.29, 1.82) is 0 Å². The fourth-order valence-corrected chi connectivity index (χ4v) is 2.65. The number of carbonyl (C=O) groups excluding carboxylic acids is 1. The van der Waals surface area contributed by atoms with Crippen molar-refractivity contribution in [3.8, 4) is 0 Å².